The van der Waals surface area contributed by atoms with Gasteiger partial charge in [0.1, 0.15) is 5.78 Å². The van der Waals surface area contributed by atoms with Crippen LogP contribution in [0.3, 0.4) is 0 Å². The fourth-order valence-electron chi connectivity index (χ4n) is 2.96. The van der Waals surface area contributed by atoms with Crippen molar-refractivity contribution < 1.29 is 4.79 Å². The number of Topliss-reactive ketones (excluding diaryl/α,β-unsaturated/α-hetero) is 1. The minimum absolute atomic E-state index is 0.411. The third kappa shape index (κ3) is 7.45. The van der Waals surface area contributed by atoms with Crippen LogP contribution < -0.4 is 0 Å². The quantitative estimate of drug-likeness (QED) is 0.578. The lowest BCUT2D eigenvalue weighted by atomic mass is 9.83. The molecule has 1 aliphatic carbocycles. The molecule has 0 N–H and O–H groups in total. The van der Waals surface area contributed by atoms with Gasteiger partial charge in [0.25, 0.3) is 0 Å². The summed E-state index contributed by atoms with van der Waals surface area (Å²) in [5.74, 6) is 1.79. The molecule has 0 aliphatic heterocycles. The lowest BCUT2D eigenvalue weighted by Crippen LogP contribution is -2.16. The molecule has 0 heterocycles. The van der Waals surface area contributed by atoms with Crippen molar-refractivity contribution in [2.24, 2.45) is 17.8 Å². The average Bonchev–Trinajstić information content (AvgIpc) is 2.37. The second kappa shape index (κ2) is 9.02. The lowest BCUT2D eigenvalue weighted by Gasteiger charge is -2.22. The molecule has 1 rings (SSSR count). The standard InChI is InChI=1S/C20H32O/c1-15(2)13-20(21)14-18(5)19-11-9-16(3)7-6-8-17(4)10-12-19/h8-9,11,15,18-19H,3,6-7,10,12-14H2,1-2,4-5H3. The van der Waals surface area contributed by atoms with Crippen LogP contribution in [-0.4, -0.2) is 5.78 Å². The van der Waals surface area contributed by atoms with Gasteiger partial charge in [0.2, 0.25) is 0 Å². The van der Waals surface area contributed by atoms with Crippen LogP contribution in [0.25, 0.3) is 0 Å². The summed E-state index contributed by atoms with van der Waals surface area (Å²) < 4.78 is 0. The number of carbonyl (C=O) groups excluding carboxylic acids is 1. The van der Waals surface area contributed by atoms with Gasteiger partial charge in [-0.15, -0.1) is 0 Å². The molecule has 0 amide bonds. The van der Waals surface area contributed by atoms with E-state index in [1.54, 1.807) is 0 Å². The summed E-state index contributed by atoms with van der Waals surface area (Å²) in [5, 5.41) is 0. The highest BCUT2D eigenvalue weighted by Gasteiger charge is 2.19. The Bertz CT molecular complexity index is 412. The van der Waals surface area contributed by atoms with E-state index in [0.29, 0.717) is 36.4 Å². The van der Waals surface area contributed by atoms with E-state index in [4.69, 9.17) is 0 Å². The Morgan fingerprint density at radius 1 is 1.29 bits per heavy atom. The second-order valence-corrected chi connectivity index (χ2v) is 7.13. The zero-order valence-electron chi connectivity index (χ0n) is 14.3. The average molecular weight is 288 g/mol. The van der Waals surface area contributed by atoms with Gasteiger partial charge in [0.05, 0.1) is 0 Å². The number of allylic oxidation sites excluding steroid dienone is 5. The van der Waals surface area contributed by atoms with Crippen molar-refractivity contribution in [2.45, 2.75) is 66.2 Å². The van der Waals surface area contributed by atoms with Crippen molar-refractivity contribution in [1.82, 2.24) is 0 Å². The van der Waals surface area contributed by atoms with Gasteiger partial charge in [-0.2, -0.15) is 0 Å². The highest BCUT2D eigenvalue weighted by Crippen LogP contribution is 2.27. The molecular weight excluding hydrogens is 256 g/mol. The molecule has 0 bridgehead atoms. The summed E-state index contributed by atoms with van der Waals surface area (Å²) in [5.41, 5.74) is 2.68. The van der Waals surface area contributed by atoms with Crippen LogP contribution in [0.5, 0.6) is 0 Å². The molecule has 1 aliphatic rings. The molecule has 0 aromatic carbocycles. The monoisotopic (exact) mass is 288 g/mol. The zero-order valence-corrected chi connectivity index (χ0v) is 14.3. The third-order valence-electron chi connectivity index (χ3n) is 4.33. The van der Waals surface area contributed by atoms with Gasteiger partial charge in [-0.25, -0.2) is 0 Å². The summed E-state index contributed by atoms with van der Waals surface area (Å²) in [6.07, 6.45) is 12.7. The summed E-state index contributed by atoms with van der Waals surface area (Å²) in [6.45, 7) is 12.8. The Kier molecular flexibility index (Phi) is 7.71. The summed E-state index contributed by atoms with van der Waals surface area (Å²) in [7, 11) is 0. The normalized spacial score (nSPS) is 22.0. The predicted molar refractivity (Wildman–Crippen MR) is 92.2 cm³/mol. The van der Waals surface area contributed by atoms with E-state index in [0.717, 1.165) is 25.7 Å². The Hall–Kier alpha value is -1.11. The number of hydrogen-bond donors (Lipinski definition) is 0. The molecular formula is C20H32O. The first-order valence-electron chi connectivity index (χ1n) is 8.41. The van der Waals surface area contributed by atoms with Crippen molar-refractivity contribution in [2.75, 3.05) is 0 Å². The summed E-state index contributed by atoms with van der Waals surface area (Å²) in [6, 6.07) is 0. The molecule has 0 radical (unpaired) electrons. The smallest absolute Gasteiger partial charge is 0.133 e. The van der Waals surface area contributed by atoms with Crippen molar-refractivity contribution in [3.63, 3.8) is 0 Å². The third-order valence-corrected chi connectivity index (χ3v) is 4.33. The van der Waals surface area contributed by atoms with E-state index in [1.807, 2.05) is 0 Å². The topological polar surface area (TPSA) is 17.1 Å². The van der Waals surface area contributed by atoms with Crippen LogP contribution in [0, 0.1) is 17.8 Å². The number of carbonyl (C=O) groups is 1. The van der Waals surface area contributed by atoms with E-state index in [-0.39, 0.29) is 0 Å². The fourth-order valence-corrected chi connectivity index (χ4v) is 2.96. The first-order valence-corrected chi connectivity index (χ1v) is 8.41. The number of ketones is 1. The van der Waals surface area contributed by atoms with Gasteiger partial charge in [0.15, 0.2) is 0 Å². The maximum Gasteiger partial charge on any atom is 0.133 e. The predicted octanol–water partition coefficient (Wildman–Crippen LogP) is 5.88. The van der Waals surface area contributed by atoms with Gasteiger partial charge in [-0.3, -0.25) is 4.79 Å². The summed E-state index contributed by atoms with van der Waals surface area (Å²) in [4.78, 5) is 12.1. The highest BCUT2D eigenvalue weighted by molar-refractivity contribution is 5.78. The second-order valence-electron chi connectivity index (χ2n) is 7.13. The first kappa shape index (κ1) is 17.9. The summed E-state index contributed by atoms with van der Waals surface area (Å²) >= 11 is 0. The minimum atomic E-state index is 0.411. The van der Waals surface area contributed by atoms with Crippen LogP contribution in [0.1, 0.15) is 66.2 Å². The van der Waals surface area contributed by atoms with Crippen molar-refractivity contribution in [3.05, 3.63) is 36.0 Å². The van der Waals surface area contributed by atoms with Crippen LogP contribution in [0.2, 0.25) is 0 Å². The molecule has 0 aromatic rings. The zero-order chi connectivity index (χ0) is 15.8. The number of hydrogen-bond acceptors (Lipinski definition) is 1. The highest BCUT2D eigenvalue weighted by atomic mass is 16.1. The van der Waals surface area contributed by atoms with Crippen molar-refractivity contribution in [3.8, 4) is 0 Å². The molecule has 0 aromatic heterocycles. The van der Waals surface area contributed by atoms with Crippen LogP contribution in [0.4, 0.5) is 0 Å². The molecule has 0 saturated carbocycles. The molecule has 118 valence electrons. The molecule has 2 atom stereocenters. The maximum absolute atomic E-state index is 12.1. The van der Waals surface area contributed by atoms with E-state index in [1.165, 1.54) is 11.1 Å². The SMILES string of the molecule is C=C1C=CC(C(C)CC(=O)CC(C)C)CCC(C)=CCC1. The minimum Gasteiger partial charge on any atom is -0.300 e. The van der Waals surface area contributed by atoms with Crippen molar-refractivity contribution in [1.29, 1.82) is 0 Å². The van der Waals surface area contributed by atoms with E-state index >= 15 is 0 Å². The maximum atomic E-state index is 12.1. The van der Waals surface area contributed by atoms with E-state index in [2.05, 4.69) is 52.5 Å². The molecule has 0 spiro atoms. The molecule has 1 nitrogen and oxygen atoms in total. The van der Waals surface area contributed by atoms with E-state index < -0.39 is 0 Å². The lowest BCUT2D eigenvalue weighted by molar-refractivity contribution is -0.120. The molecule has 0 saturated heterocycles. The van der Waals surface area contributed by atoms with Crippen LogP contribution in [-0.2, 0) is 4.79 Å². The Labute approximate surface area is 131 Å². The Morgan fingerprint density at radius 2 is 2.00 bits per heavy atom. The van der Waals surface area contributed by atoms with Gasteiger partial charge < -0.3 is 0 Å². The number of rotatable bonds is 5. The van der Waals surface area contributed by atoms with Gasteiger partial charge in [-0.1, -0.05) is 56.7 Å². The van der Waals surface area contributed by atoms with E-state index in [9.17, 15) is 4.79 Å². The Balaban J connectivity index is 2.67. The van der Waals surface area contributed by atoms with Gasteiger partial charge in [0, 0.05) is 12.8 Å². The molecule has 1 heteroatoms. The van der Waals surface area contributed by atoms with Gasteiger partial charge in [-0.05, 0) is 50.4 Å². The molecule has 2 unspecified atom stereocenters. The largest absolute Gasteiger partial charge is 0.300 e. The van der Waals surface area contributed by atoms with Gasteiger partial charge >= 0.3 is 0 Å². The first-order chi connectivity index (χ1) is 9.88. The fraction of sp³-hybridized carbons (Fsp3) is 0.650. The van der Waals surface area contributed by atoms with Crippen LogP contribution in [0.15, 0.2) is 36.0 Å². The van der Waals surface area contributed by atoms with Crippen molar-refractivity contribution >= 4 is 5.78 Å². The molecule has 0 fully saturated rings. The molecule has 21 heavy (non-hydrogen) atoms. The van der Waals surface area contributed by atoms with Crippen LogP contribution >= 0.6 is 0 Å². The Morgan fingerprint density at radius 3 is 2.67 bits per heavy atom.